The standard InChI is InChI=1S/C22H25N5O3S/c1-14(28)26-17-4-6-18(7-5-17)31-10-9-30-20-12-15(3-8-19(20)29-2)11-16-13-25-22(24)27-21(16)23/h3-8,12-13H,9-11H2,1-2H3,(H,26,28)(H4,23,24,25,27). The Balaban J connectivity index is 1.57. The molecule has 0 spiro atoms. The second-order valence-electron chi connectivity index (χ2n) is 6.70. The summed E-state index contributed by atoms with van der Waals surface area (Å²) in [7, 11) is 1.61. The Hall–Kier alpha value is -3.46. The molecule has 1 aromatic heterocycles. The summed E-state index contributed by atoms with van der Waals surface area (Å²) < 4.78 is 11.4. The molecule has 3 rings (SSSR count). The van der Waals surface area contributed by atoms with Gasteiger partial charge in [0.15, 0.2) is 11.5 Å². The Morgan fingerprint density at radius 3 is 2.58 bits per heavy atom. The number of rotatable bonds is 9. The van der Waals surface area contributed by atoms with E-state index < -0.39 is 0 Å². The fourth-order valence-electron chi connectivity index (χ4n) is 2.88. The monoisotopic (exact) mass is 439 g/mol. The van der Waals surface area contributed by atoms with Crippen molar-refractivity contribution in [2.75, 3.05) is 36.3 Å². The Morgan fingerprint density at radius 1 is 1.13 bits per heavy atom. The van der Waals surface area contributed by atoms with Crippen LogP contribution in [0.1, 0.15) is 18.1 Å². The highest BCUT2D eigenvalue weighted by molar-refractivity contribution is 7.99. The molecule has 0 bridgehead atoms. The fraction of sp³-hybridized carbons (Fsp3) is 0.227. The fourth-order valence-corrected chi connectivity index (χ4v) is 3.61. The summed E-state index contributed by atoms with van der Waals surface area (Å²) in [6, 6.07) is 13.4. The number of nitrogens with one attached hydrogen (secondary N) is 1. The Bertz CT molecular complexity index is 1040. The Morgan fingerprint density at radius 2 is 1.90 bits per heavy atom. The van der Waals surface area contributed by atoms with E-state index in [1.54, 1.807) is 25.1 Å². The number of nitrogens with two attached hydrogens (primary N) is 2. The van der Waals surface area contributed by atoms with Gasteiger partial charge in [0.2, 0.25) is 11.9 Å². The molecule has 0 atom stereocenters. The summed E-state index contributed by atoms with van der Waals surface area (Å²) in [6.07, 6.45) is 2.19. The Kier molecular flexibility index (Phi) is 7.55. The van der Waals surface area contributed by atoms with E-state index in [-0.39, 0.29) is 11.9 Å². The summed E-state index contributed by atoms with van der Waals surface area (Å²) in [5.41, 5.74) is 14.1. The van der Waals surface area contributed by atoms with Gasteiger partial charge in [0.05, 0.1) is 13.7 Å². The summed E-state index contributed by atoms with van der Waals surface area (Å²) in [6.45, 7) is 1.99. The molecule has 0 aliphatic rings. The minimum atomic E-state index is -0.0865. The molecule has 0 aliphatic carbocycles. The molecule has 1 heterocycles. The number of anilines is 3. The number of thioether (sulfide) groups is 1. The molecule has 5 N–H and O–H groups in total. The van der Waals surface area contributed by atoms with Gasteiger partial charge in [-0.05, 0) is 42.0 Å². The largest absolute Gasteiger partial charge is 0.493 e. The van der Waals surface area contributed by atoms with Crippen LogP contribution in [0.15, 0.2) is 53.6 Å². The third-order valence-corrected chi connectivity index (χ3v) is 5.30. The molecule has 8 nitrogen and oxygen atoms in total. The number of hydrogen-bond donors (Lipinski definition) is 3. The number of carbonyl (C=O) groups excluding carboxylic acids is 1. The van der Waals surface area contributed by atoms with Crippen molar-refractivity contribution in [1.82, 2.24) is 9.97 Å². The SMILES string of the molecule is COc1ccc(Cc2cnc(N)nc2N)cc1OCCSc1ccc(NC(C)=O)cc1. The topological polar surface area (TPSA) is 125 Å². The molecule has 2 aromatic carbocycles. The van der Waals surface area contributed by atoms with Gasteiger partial charge in [0.25, 0.3) is 0 Å². The molecule has 0 fully saturated rings. The lowest BCUT2D eigenvalue weighted by Crippen LogP contribution is -2.05. The lowest BCUT2D eigenvalue weighted by atomic mass is 10.1. The minimum absolute atomic E-state index is 0.0865. The zero-order chi connectivity index (χ0) is 22.2. The van der Waals surface area contributed by atoms with Crippen LogP contribution in [0.2, 0.25) is 0 Å². The van der Waals surface area contributed by atoms with E-state index in [1.807, 2.05) is 42.5 Å². The van der Waals surface area contributed by atoms with Crippen molar-refractivity contribution >= 4 is 35.1 Å². The molecule has 0 aliphatic heterocycles. The number of methoxy groups -OCH3 is 1. The number of aromatic nitrogens is 2. The van der Waals surface area contributed by atoms with Crippen LogP contribution in [0.3, 0.4) is 0 Å². The van der Waals surface area contributed by atoms with Gasteiger partial charge in [0.1, 0.15) is 5.82 Å². The van der Waals surface area contributed by atoms with Crippen LogP contribution in [-0.2, 0) is 11.2 Å². The third kappa shape index (κ3) is 6.51. The minimum Gasteiger partial charge on any atom is -0.493 e. The van der Waals surface area contributed by atoms with Crippen LogP contribution in [-0.4, -0.2) is 35.3 Å². The van der Waals surface area contributed by atoms with Gasteiger partial charge in [0, 0.05) is 41.4 Å². The third-order valence-electron chi connectivity index (χ3n) is 4.32. The van der Waals surface area contributed by atoms with Crippen LogP contribution in [0, 0.1) is 0 Å². The maximum Gasteiger partial charge on any atom is 0.221 e. The number of carbonyl (C=O) groups is 1. The van der Waals surface area contributed by atoms with Gasteiger partial charge in [-0.1, -0.05) is 6.07 Å². The smallest absolute Gasteiger partial charge is 0.221 e. The predicted molar refractivity (Wildman–Crippen MR) is 124 cm³/mol. The van der Waals surface area contributed by atoms with E-state index >= 15 is 0 Å². The number of nitrogens with zero attached hydrogens (tertiary/aromatic N) is 2. The summed E-state index contributed by atoms with van der Waals surface area (Å²) in [5, 5.41) is 2.75. The highest BCUT2D eigenvalue weighted by Gasteiger charge is 2.09. The normalized spacial score (nSPS) is 10.5. The van der Waals surface area contributed by atoms with Crippen molar-refractivity contribution in [3.8, 4) is 11.5 Å². The zero-order valence-corrected chi connectivity index (χ0v) is 18.2. The number of ether oxygens (including phenoxy) is 2. The van der Waals surface area contributed by atoms with Crippen molar-refractivity contribution in [3.63, 3.8) is 0 Å². The summed E-state index contributed by atoms with van der Waals surface area (Å²) in [5.74, 6) is 2.52. The van der Waals surface area contributed by atoms with Crippen molar-refractivity contribution in [2.24, 2.45) is 0 Å². The predicted octanol–water partition coefficient (Wildman–Crippen LogP) is 3.37. The van der Waals surface area contributed by atoms with Gasteiger partial charge in [-0.15, -0.1) is 11.8 Å². The van der Waals surface area contributed by atoms with Crippen LogP contribution >= 0.6 is 11.8 Å². The summed E-state index contributed by atoms with van der Waals surface area (Å²) >= 11 is 1.67. The molecule has 31 heavy (non-hydrogen) atoms. The van der Waals surface area contributed by atoms with E-state index in [2.05, 4.69) is 15.3 Å². The van der Waals surface area contributed by atoms with Crippen LogP contribution < -0.4 is 26.3 Å². The molecule has 0 saturated heterocycles. The molecule has 0 saturated carbocycles. The van der Waals surface area contributed by atoms with Gasteiger partial charge < -0.3 is 26.3 Å². The number of nitrogen functional groups attached to an aromatic ring is 2. The second-order valence-corrected chi connectivity index (χ2v) is 7.87. The number of benzene rings is 2. The summed E-state index contributed by atoms with van der Waals surface area (Å²) in [4.78, 5) is 20.2. The highest BCUT2D eigenvalue weighted by atomic mass is 32.2. The first kappa shape index (κ1) is 22.2. The number of amides is 1. The van der Waals surface area contributed by atoms with Crippen molar-refractivity contribution in [3.05, 3.63) is 59.8 Å². The molecule has 162 valence electrons. The first-order valence-corrected chi connectivity index (χ1v) is 10.6. The van der Waals surface area contributed by atoms with Crippen LogP contribution in [0.25, 0.3) is 0 Å². The zero-order valence-electron chi connectivity index (χ0n) is 17.4. The molecule has 9 heteroatoms. The van der Waals surface area contributed by atoms with E-state index in [1.165, 1.54) is 6.92 Å². The van der Waals surface area contributed by atoms with Gasteiger partial charge >= 0.3 is 0 Å². The Labute approximate surface area is 185 Å². The molecular weight excluding hydrogens is 414 g/mol. The van der Waals surface area contributed by atoms with Crippen LogP contribution in [0.5, 0.6) is 11.5 Å². The molecule has 3 aromatic rings. The lowest BCUT2D eigenvalue weighted by molar-refractivity contribution is -0.114. The maximum atomic E-state index is 11.1. The number of hydrogen-bond acceptors (Lipinski definition) is 8. The molecule has 0 radical (unpaired) electrons. The van der Waals surface area contributed by atoms with E-state index in [4.69, 9.17) is 20.9 Å². The van der Waals surface area contributed by atoms with Gasteiger partial charge in [-0.2, -0.15) is 4.98 Å². The van der Waals surface area contributed by atoms with Crippen molar-refractivity contribution < 1.29 is 14.3 Å². The van der Waals surface area contributed by atoms with E-state index in [0.717, 1.165) is 27.5 Å². The van der Waals surface area contributed by atoms with E-state index in [9.17, 15) is 4.79 Å². The maximum absolute atomic E-state index is 11.1. The highest BCUT2D eigenvalue weighted by Crippen LogP contribution is 2.30. The van der Waals surface area contributed by atoms with Crippen molar-refractivity contribution in [2.45, 2.75) is 18.2 Å². The van der Waals surface area contributed by atoms with Gasteiger partial charge in [-0.3, -0.25) is 4.79 Å². The first-order chi connectivity index (χ1) is 14.9. The quantitative estimate of drug-likeness (QED) is 0.342. The van der Waals surface area contributed by atoms with Crippen LogP contribution in [0.4, 0.5) is 17.5 Å². The van der Waals surface area contributed by atoms with Crippen molar-refractivity contribution in [1.29, 1.82) is 0 Å². The lowest BCUT2D eigenvalue weighted by Gasteiger charge is -2.13. The molecule has 0 unspecified atom stereocenters. The average Bonchev–Trinajstić information content (AvgIpc) is 2.74. The molecule has 1 amide bonds. The average molecular weight is 440 g/mol. The first-order valence-electron chi connectivity index (χ1n) is 9.61. The second kappa shape index (κ2) is 10.5. The van der Waals surface area contributed by atoms with Gasteiger partial charge in [-0.25, -0.2) is 4.98 Å². The van der Waals surface area contributed by atoms with E-state index in [0.29, 0.717) is 30.3 Å². The molecular formula is C22H25N5O3S.